The molecular weight excluding hydrogens is 241 g/mol. The highest BCUT2D eigenvalue weighted by Crippen LogP contribution is 2.39. The Balaban J connectivity index is 2.50. The fourth-order valence-corrected chi connectivity index (χ4v) is 2.29. The molecule has 0 N–H and O–H groups in total. The molecule has 0 unspecified atom stereocenters. The standard InChI is InChI=1S/C14H13F3O/c1-14(2)6-8(5-9(18)7-14)10-3-4-11(15)13(17)12(10)16/h3-5H,6-7H2,1-2H3. The minimum atomic E-state index is -1.50. The molecule has 0 spiro atoms. The molecule has 0 aromatic heterocycles. The summed E-state index contributed by atoms with van der Waals surface area (Å²) in [6, 6.07) is 2.05. The Labute approximate surface area is 103 Å². The second kappa shape index (κ2) is 4.26. The van der Waals surface area contributed by atoms with Crippen LogP contribution in [0.15, 0.2) is 18.2 Å². The SMILES string of the molecule is CC1(C)CC(=O)C=C(c2ccc(F)c(F)c2F)C1. The van der Waals surface area contributed by atoms with Gasteiger partial charge in [0.1, 0.15) is 0 Å². The molecule has 0 radical (unpaired) electrons. The van der Waals surface area contributed by atoms with Crippen LogP contribution in [0.1, 0.15) is 32.3 Å². The Morgan fingerprint density at radius 3 is 2.33 bits per heavy atom. The van der Waals surface area contributed by atoms with E-state index in [1.165, 1.54) is 12.1 Å². The molecule has 96 valence electrons. The molecule has 0 saturated heterocycles. The second-order valence-corrected chi connectivity index (χ2v) is 5.38. The number of benzene rings is 1. The van der Waals surface area contributed by atoms with Crippen LogP contribution in [0, 0.1) is 22.9 Å². The lowest BCUT2D eigenvalue weighted by Crippen LogP contribution is -2.21. The minimum Gasteiger partial charge on any atom is -0.295 e. The van der Waals surface area contributed by atoms with E-state index in [1.807, 2.05) is 13.8 Å². The first-order chi connectivity index (χ1) is 8.30. The van der Waals surface area contributed by atoms with Crippen molar-refractivity contribution < 1.29 is 18.0 Å². The van der Waals surface area contributed by atoms with Crippen molar-refractivity contribution in [3.8, 4) is 0 Å². The number of rotatable bonds is 1. The number of halogens is 3. The Kier molecular flexibility index (Phi) is 3.05. The van der Waals surface area contributed by atoms with Gasteiger partial charge in [0.15, 0.2) is 23.2 Å². The fraction of sp³-hybridized carbons (Fsp3) is 0.357. The van der Waals surface area contributed by atoms with E-state index in [0.717, 1.165) is 6.07 Å². The maximum atomic E-state index is 13.7. The molecule has 0 heterocycles. The molecule has 0 bridgehead atoms. The molecular formula is C14H13F3O. The fourth-order valence-electron chi connectivity index (χ4n) is 2.29. The van der Waals surface area contributed by atoms with Gasteiger partial charge < -0.3 is 0 Å². The molecule has 1 aromatic carbocycles. The van der Waals surface area contributed by atoms with Crippen LogP contribution in [0.4, 0.5) is 13.2 Å². The lowest BCUT2D eigenvalue weighted by atomic mass is 9.75. The maximum Gasteiger partial charge on any atom is 0.195 e. The van der Waals surface area contributed by atoms with E-state index in [2.05, 4.69) is 0 Å². The summed E-state index contributed by atoms with van der Waals surface area (Å²) in [5, 5.41) is 0. The summed E-state index contributed by atoms with van der Waals surface area (Å²) in [6.07, 6.45) is 2.16. The number of ketones is 1. The summed E-state index contributed by atoms with van der Waals surface area (Å²) < 4.78 is 39.7. The quantitative estimate of drug-likeness (QED) is 0.695. The van der Waals surface area contributed by atoms with Gasteiger partial charge in [-0.25, -0.2) is 13.2 Å². The van der Waals surface area contributed by atoms with Gasteiger partial charge in [-0.15, -0.1) is 0 Å². The van der Waals surface area contributed by atoms with Gasteiger partial charge in [-0.05, 0) is 35.6 Å². The van der Waals surface area contributed by atoms with E-state index in [1.54, 1.807) is 0 Å². The summed E-state index contributed by atoms with van der Waals surface area (Å²) in [5.74, 6) is -4.07. The van der Waals surface area contributed by atoms with Crippen LogP contribution in [-0.2, 0) is 4.79 Å². The smallest absolute Gasteiger partial charge is 0.195 e. The van der Waals surface area contributed by atoms with Gasteiger partial charge in [-0.2, -0.15) is 0 Å². The molecule has 1 aliphatic rings. The predicted octanol–water partition coefficient (Wildman–Crippen LogP) is 3.88. The lowest BCUT2D eigenvalue weighted by Gasteiger charge is -2.29. The largest absolute Gasteiger partial charge is 0.295 e. The zero-order valence-electron chi connectivity index (χ0n) is 10.2. The highest BCUT2D eigenvalue weighted by atomic mass is 19.2. The van der Waals surface area contributed by atoms with Crippen molar-refractivity contribution in [3.63, 3.8) is 0 Å². The van der Waals surface area contributed by atoms with Gasteiger partial charge in [0.05, 0.1) is 0 Å². The summed E-state index contributed by atoms with van der Waals surface area (Å²) in [6.45, 7) is 3.77. The lowest BCUT2D eigenvalue weighted by molar-refractivity contribution is -0.116. The average molecular weight is 254 g/mol. The zero-order valence-corrected chi connectivity index (χ0v) is 10.2. The molecule has 0 aliphatic heterocycles. The van der Waals surface area contributed by atoms with E-state index >= 15 is 0 Å². The Hall–Kier alpha value is -1.58. The highest BCUT2D eigenvalue weighted by molar-refractivity contribution is 5.99. The molecule has 1 aromatic rings. The van der Waals surface area contributed by atoms with E-state index in [4.69, 9.17) is 0 Å². The molecule has 4 heteroatoms. The molecule has 2 rings (SSSR count). The summed E-state index contributed by atoms with van der Waals surface area (Å²) in [4.78, 5) is 11.6. The van der Waals surface area contributed by atoms with Gasteiger partial charge in [-0.1, -0.05) is 13.8 Å². The number of carbonyl (C=O) groups is 1. The van der Waals surface area contributed by atoms with E-state index in [9.17, 15) is 18.0 Å². The van der Waals surface area contributed by atoms with Crippen molar-refractivity contribution in [2.24, 2.45) is 5.41 Å². The molecule has 18 heavy (non-hydrogen) atoms. The van der Waals surface area contributed by atoms with Crippen molar-refractivity contribution in [2.75, 3.05) is 0 Å². The van der Waals surface area contributed by atoms with Gasteiger partial charge in [0.25, 0.3) is 0 Å². The van der Waals surface area contributed by atoms with E-state index < -0.39 is 17.5 Å². The zero-order chi connectivity index (χ0) is 13.5. The molecule has 0 saturated carbocycles. The van der Waals surface area contributed by atoms with Crippen LogP contribution in [0.2, 0.25) is 0 Å². The highest BCUT2D eigenvalue weighted by Gasteiger charge is 2.29. The summed E-state index contributed by atoms with van der Waals surface area (Å²) in [5.41, 5.74) is 0.0982. The topological polar surface area (TPSA) is 17.1 Å². The first-order valence-corrected chi connectivity index (χ1v) is 5.67. The first kappa shape index (κ1) is 12.9. The average Bonchev–Trinajstić information content (AvgIpc) is 2.23. The monoisotopic (exact) mass is 254 g/mol. The van der Waals surface area contributed by atoms with Crippen LogP contribution in [0.25, 0.3) is 5.57 Å². The Morgan fingerprint density at radius 2 is 1.72 bits per heavy atom. The third-order valence-corrected chi connectivity index (χ3v) is 3.04. The van der Waals surface area contributed by atoms with Crippen LogP contribution in [0.3, 0.4) is 0 Å². The van der Waals surface area contributed by atoms with E-state index in [0.29, 0.717) is 18.4 Å². The normalized spacial score (nSPS) is 18.7. The number of allylic oxidation sites excluding steroid dienone is 2. The van der Waals surface area contributed by atoms with Crippen molar-refractivity contribution in [1.82, 2.24) is 0 Å². The summed E-state index contributed by atoms with van der Waals surface area (Å²) in [7, 11) is 0. The second-order valence-electron chi connectivity index (χ2n) is 5.38. The Morgan fingerprint density at radius 1 is 1.06 bits per heavy atom. The molecule has 1 aliphatic carbocycles. The molecule has 0 fully saturated rings. The van der Waals surface area contributed by atoms with Crippen LogP contribution in [0.5, 0.6) is 0 Å². The summed E-state index contributed by atoms with van der Waals surface area (Å²) >= 11 is 0. The minimum absolute atomic E-state index is 0.0324. The Bertz CT molecular complexity index is 544. The molecule has 1 nitrogen and oxygen atoms in total. The number of hydrogen-bond acceptors (Lipinski definition) is 1. The van der Waals surface area contributed by atoms with Crippen molar-refractivity contribution >= 4 is 11.4 Å². The van der Waals surface area contributed by atoms with Gasteiger partial charge in [-0.3, -0.25) is 4.79 Å². The van der Waals surface area contributed by atoms with Crippen LogP contribution in [-0.4, -0.2) is 5.78 Å². The third kappa shape index (κ3) is 2.33. The first-order valence-electron chi connectivity index (χ1n) is 5.67. The van der Waals surface area contributed by atoms with Gasteiger partial charge in [0.2, 0.25) is 0 Å². The third-order valence-electron chi connectivity index (χ3n) is 3.04. The maximum absolute atomic E-state index is 13.7. The van der Waals surface area contributed by atoms with Gasteiger partial charge >= 0.3 is 0 Å². The number of carbonyl (C=O) groups excluding carboxylic acids is 1. The van der Waals surface area contributed by atoms with Crippen molar-refractivity contribution in [1.29, 1.82) is 0 Å². The predicted molar refractivity (Wildman–Crippen MR) is 62.3 cm³/mol. The molecule has 0 atom stereocenters. The van der Waals surface area contributed by atoms with Gasteiger partial charge in [0, 0.05) is 12.0 Å². The molecule has 0 amide bonds. The van der Waals surface area contributed by atoms with Crippen molar-refractivity contribution in [3.05, 3.63) is 41.2 Å². The van der Waals surface area contributed by atoms with Crippen LogP contribution < -0.4 is 0 Å². The van der Waals surface area contributed by atoms with Crippen LogP contribution >= 0.6 is 0 Å². The van der Waals surface area contributed by atoms with E-state index in [-0.39, 0.29) is 16.8 Å². The number of hydrogen-bond donors (Lipinski definition) is 0. The van der Waals surface area contributed by atoms with Crippen molar-refractivity contribution in [2.45, 2.75) is 26.7 Å².